The number of fused-ring (bicyclic) bond motifs is 3. The van der Waals surface area contributed by atoms with Crippen molar-refractivity contribution in [2.45, 2.75) is 93.1 Å². The molecule has 1 aliphatic rings. The number of hydrogen-bond acceptors (Lipinski definition) is 4. The molecule has 0 aliphatic heterocycles. The molecule has 9 aromatic rings. The van der Waals surface area contributed by atoms with Crippen LogP contribution in [0.25, 0.3) is 77.8 Å². The van der Waals surface area contributed by atoms with E-state index >= 15 is 0 Å². The number of pyridine rings is 2. The summed E-state index contributed by atoms with van der Waals surface area (Å²) < 4.78 is 116. The molecule has 10 rings (SSSR count). The number of rotatable bonds is 7. The average molecular weight is 1080 g/mol. The largest absolute Gasteiger partial charge is 0.500 e. The van der Waals surface area contributed by atoms with Gasteiger partial charge in [0.25, 0.3) is 0 Å². The zero-order chi connectivity index (χ0) is 58.0. The molecule has 1 fully saturated rings. The van der Waals surface area contributed by atoms with E-state index in [2.05, 4.69) is 42.0 Å². The molecule has 0 atom stereocenters. The molecule has 0 amide bonds. The third-order valence-electron chi connectivity index (χ3n) is 12.4. The molecule has 3 heterocycles. The Morgan fingerprint density at radius 2 is 1.49 bits per heavy atom. The minimum atomic E-state index is -2.70. The second kappa shape index (κ2) is 20.0. The van der Waals surface area contributed by atoms with Crippen molar-refractivity contribution in [1.29, 1.82) is 5.26 Å². The Kier molecular flexibility index (Phi) is 10.00. The van der Waals surface area contributed by atoms with Crippen LogP contribution >= 0.6 is 0 Å². The normalized spacial score (nSPS) is 17.7. The molecule has 1 saturated carbocycles. The Labute approximate surface area is 435 Å². The summed E-state index contributed by atoms with van der Waals surface area (Å²) in [7, 11) is 0. The summed E-state index contributed by atoms with van der Waals surface area (Å²) >= 11 is 0. The van der Waals surface area contributed by atoms with E-state index in [1.807, 2.05) is 87.5 Å². The predicted molar refractivity (Wildman–Crippen MR) is 278 cm³/mol. The van der Waals surface area contributed by atoms with Gasteiger partial charge in [-0.25, -0.2) is 0 Å². The van der Waals surface area contributed by atoms with Crippen LogP contribution in [-0.2, 0) is 26.5 Å². The second-order valence-electron chi connectivity index (χ2n) is 19.0. The van der Waals surface area contributed by atoms with E-state index in [1.54, 1.807) is 42.6 Å². The predicted octanol–water partition coefficient (Wildman–Crippen LogP) is 17.1. The van der Waals surface area contributed by atoms with Crippen LogP contribution < -0.4 is 0 Å². The van der Waals surface area contributed by atoms with Crippen molar-refractivity contribution in [2.24, 2.45) is 10.8 Å². The number of hydrogen-bond donors (Lipinski definition) is 0. The molecule has 0 unspecified atom stereocenters. The zero-order valence-electron chi connectivity index (χ0n) is 51.7. The fraction of sp³-hybridized carbons (Fsp3) is 0.254. The van der Waals surface area contributed by atoms with Crippen molar-refractivity contribution < 1.29 is 42.3 Å². The Bertz CT molecular complexity index is 3800. The van der Waals surface area contributed by atoms with Crippen molar-refractivity contribution in [3.8, 4) is 62.0 Å². The van der Waals surface area contributed by atoms with Gasteiger partial charge in [-0.05, 0) is 131 Å². The maximum atomic E-state index is 9.32. The summed E-state index contributed by atoms with van der Waals surface area (Å²) in [5.41, 5.74) is 7.18. The Balaban J connectivity index is 0.000000244. The van der Waals surface area contributed by atoms with Crippen LogP contribution in [0.5, 0.6) is 0 Å². The number of nitriles is 1. The molecule has 0 N–H and O–H groups in total. The van der Waals surface area contributed by atoms with Crippen LogP contribution in [0, 0.1) is 54.8 Å². The average Bonchev–Trinajstić information content (AvgIpc) is 4.09. The van der Waals surface area contributed by atoms with Crippen LogP contribution in [0.2, 0.25) is 0 Å². The summed E-state index contributed by atoms with van der Waals surface area (Å²) in [6.45, 7) is 2.27. The first-order chi connectivity index (χ1) is 37.4. The van der Waals surface area contributed by atoms with Gasteiger partial charge in [-0.3, -0.25) is 0 Å². The van der Waals surface area contributed by atoms with Gasteiger partial charge in [-0.15, -0.1) is 47.5 Å². The quantitative estimate of drug-likeness (QED) is 0.149. The van der Waals surface area contributed by atoms with Gasteiger partial charge in [0.2, 0.25) is 0 Å². The van der Waals surface area contributed by atoms with Crippen LogP contribution in [0.15, 0.2) is 150 Å². The van der Waals surface area contributed by atoms with Gasteiger partial charge in [0.05, 0.1) is 18.6 Å². The molecular formula is C63H59IrN3O-2. The fourth-order valence-corrected chi connectivity index (χ4v) is 8.70. The van der Waals surface area contributed by atoms with Crippen molar-refractivity contribution in [2.75, 3.05) is 0 Å². The summed E-state index contributed by atoms with van der Waals surface area (Å²) in [6.07, 6.45) is 3.90. The first kappa shape index (κ1) is 33.9. The van der Waals surface area contributed by atoms with E-state index < -0.39 is 38.2 Å². The zero-order valence-corrected chi connectivity index (χ0v) is 41.1. The Hall–Kier alpha value is -6.44. The molecule has 68 heavy (non-hydrogen) atoms. The van der Waals surface area contributed by atoms with Crippen LogP contribution in [0.4, 0.5) is 0 Å². The molecule has 5 heteroatoms. The topological polar surface area (TPSA) is 62.7 Å². The molecule has 0 bridgehead atoms. The number of para-hydroxylation sites is 1. The third-order valence-corrected chi connectivity index (χ3v) is 12.4. The van der Waals surface area contributed by atoms with E-state index in [1.165, 1.54) is 30.5 Å². The summed E-state index contributed by atoms with van der Waals surface area (Å²) in [5.74, 6) is -1.05. The number of aromatic nitrogens is 2. The van der Waals surface area contributed by atoms with Crippen LogP contribution in [-0.4, -0.2) is 9.97 Å². The van der Waals surface area contributed by atoms with Gasteiger partial charge in [0.15, 0.2) is 0 Å². The standard InChI is InChI=1S/C40H35N2O.C23H24N.Ir/c1-25-21-30(28-17-19-40(3,4)20-18-28)15-16-31(25)36-22-37(42-24-26(36)2)35-10-6-9-34-33-8-5-7-32(38(33)43-39(34)35)29-13-11-27(23-41)12-14-29;1-17-10-12-20(14-21(17)19-8-6-5-7-9-19)22-13-11-18(16-24-22)15-23(2,3)4;/h5-9,11-16,21-22,24,28H,17-20H2,1-4H3;5-11,13-14,16H,15H2,1-4H3;/q2*-1;/i1D3,2D3,16D,28D;1D3,15D2;. The summed E-state index contributed by atoms with van der Waals surface area (Å²) in [4.78, 5) is 8.99. The summed E-state index contributed by atoms with van der Waals surface area (Å²) in [5, 5.41) is 10.9. The maximum absolute atomic E-state index is 9.32. The van der Waals surface area contributed by atoms with Crippen molar-refractivity contribution in [1.82, 2.24) is 9.97 Å². The number of nitrogens with zero attached hydrogens (tertiary/aromatic N) is 3. The smallest absolute Gasteiger partial charge is 0.128 e. The van der Waals surface area contributed by atoms with Crippen molar-refractivity contribution >= 4 is 21.9 Å². The van der Waals surface area contributed by atoms with Gasteiger partial charge in [-0.1, -0.05) is 155 Å². The SMILES string of the molecule is [2H]C([2H])([2H])c1c[c-]c(-c2ccc(C([2H])([2H])C(C)(C)C)cn2)cc1-c1ccccc1.[2H]c1cc(C2([2H])CCC(C)(C)CC2)cc(C([2H])([2H])[2H])c1-c1cc(-c2[c-]ccc3c2oc2c(-c4ccc(C#N)cc4)cccc23)ncc1C([2H])([2H])[2H].[Ir]. The Morgan fingerprint density at radius 1 is 0.750 bits per heavy atom. The molecule has 0 spiro atoms. The molecule has 4 nitrogen and oxygen atoms in total. The van der Waals surface area contributed by atoms with Crippen molar-refractivity contribution in [3.05, 3.63) is 191 Å². The number of benzene rings is 6. The molecule has 6 aromatic carbocycles. The molecule has 343 valence electrons. The number of furan rings is 1. The molecule has 1 aliphatic carbocycles. The fourth-order valence-electron chi connectivity index (χ4n) is 8.70. The Morgan fingerprint density at radius 3 is 2.19 bits per heavy atom. The van der Waals surface area contributed by atoms with Gasteiger partial charge in [0, 0.05) is 59.9 Å². The third kappa shape index (κ3) is 10.5. The van der Waals surface area contributed by atoms with Gasteiger partial charge < -0.3 is 14.4 Å². The van der Waals surface area contributed by atoms with Crippen LogP contribution in [0.3, 0.4) is 0 Å². The minimum absolute atomic E-state index is 0. The van der Waals surface area contributed by atoms with Gasteiger partial charge in [-0.2, -0.15) is 5.26 Å². The van der Waals surface area contributed by atoms with E-state index in [0.29, 0.717) is 68.8 Å². The van der Waals surface area contributed by atoms with Crippen LogP contribution in [0.1, 0.15) is 117 Å². The molecule has 3 aromatic heterocycles. The summed E-state index contributed by atoms with van der Waals surface area (Å²) in [6, 6.07) is 45.6. The van der Waals surface area contributed by atoms with E-state index in [4.69, 9.17) is 19.5 Å². The molecular weight excluding hydrogens is 1010 g/mol. The van der Waals surface area contributed by atoms with Gasteiger partial charge >= 0.3 is 0 Å². The maximum Gasteiger partial charge on any atom is 0.128 e. The van der Waals surface area contributed by atoms with Crippen molar-refractivity contribution in [3.63, 3.8) is 0 Å². The first-order valence-corrected chi connectivity index (χ1v) is 22.5. The van der Waals surface area contributed by atoms with Gasteiger partial charge in [0.1, 0.15) is 5.58 Å². The van der Waals surface area contributed by atoms with E-state index in [0.717, 1.165) is 40.3 Å². The first-order valence-electron chi connectivity index (χ1n) is 29.0. The van der Waals surface area contributed by atoms with E-state index in [9.17, 15) is 8.00 Å². The second-order valence-corrected chi connectivity index (χ2v) is 19.0. The monoisotopic (exact) mass is 1080 g/mol. The molecule has 0 saturated heterocycles. The minimum Gasteiger partial charge on any atom is -0.500 e. The molecule has 1 radical (unpaired) electrons. The van der Waals surface area contributed by atoms with E-state index in [-0.39, 0.29) is 59.4 Å². The number of aryl methyl sites for hydroxylation is 3.